The summed E-state index contributed by atoms with van der Waals surface area (Å²) < 4.78 is 35.5. The molecule has 0 radical (unpaired) electrons. The summed E-state index contributed by atoms with van der Waals surface area (Å²) in [5.41, 5.74) is 9.57. The Morgan fingerprint density at radius 1 is 1.36 bits per heavy atom. The number of azide groups is 1. The lowest BCUT2D eigenvalue weighted by Gasteiger charge is -2.33. The van der Waals surface area contributed by atoms with Crippen LogP contribution in [0.3, 0.4) is 0 Å². The molecule has 0 unspecified atom stereocenters. The fraction of sp³-hybridized carbons (Fsp3) is 0.571. The van der Waals surface area contributed by atoms with Crippen molar-refractivity contribution >= 4 is 0 Å². The number of nitrogens with zero attached hydrogens (tertiary/aromatic N) is 3. The van der Waals surface area contributed by atoms with Gasteiger partial charge in [0.15, 0.2) is 6.29 Å². The van der Waals surface area contributed by atoms with Gasteiger partial charge in [-0.2, -0.15) is 0 Å². The van der Waals surface area contributed by atoms with Gasteiger partial charge in [0.25, 0.3) is 0 Å². The fourth-order valence-electron chi connectivity index (χ4n) is 2.76. The van der Waals surface area contributed by atoms with Gasteiger partial charge < -0.3 is 18.9 Å². The molecule has 0 N–H and O–H groups in total. The number of rotatable bonds is 4. The molecular formula is C14H16FN3O4. The molecule has 2 aliphatic heterocycles. The molecule has 2 saturated heterocycles. The van der Waals surface area contributed by atoms with E-state index in [2.05, 4.69) is 14.8 Å². The molecule has 2 heterocycles. The molecule has 3 rings (SSSR count). The van der Waals surface area contributed by atoms with E-state index in [0.29, 0.717) is 0 Å². The maximum atomic E-state index is 13.8. The summed E-state index contributed by atoms with van der Waals surface area (Å²) >= 11 is 0. The minimum absolute atomic E-state index is 0.231. The van der Waals surface area contributed by atoms with Gasteiger partial charge in [0, 0.05) is 17.6 Å². The van der Waals surface area contributed by atoms with Crippen molar-refractivity contribution in [1.82, 2.24) is 0 Å². The number of benzene rings is 1. The van der Waals surface area contributed by atoms with Gasteiger partial charge in [0.2, 0.25) is 6.36 Å². The van der Waals surface area contributed by atoms with Crippen LogP contribution in [0.25, 0.3) is 10.4 Å². The third kappa shape index (κ3) is 2.79. The molecule has 22 heavy (non-hydrogen) atoms. The predicted octanol–water partition coefficient (Wildman–Crippen LogP) is 2.49. The van der Waals surface area contributed by atoms with Crippen LogP contribution in [0.4, 0.5) is 4.39 Å². The van der Waals surface area contributed by atoms with Crippen LogP contribution < -0.4 is 0 Å². The first-order chi connectivity index (χ1) is 10.7. The minimum atomic E-state index is -1.69. The first-order valence-corrected chi connectivity index (χ1v) is 6.93. The molecule has 2 aliphatic rings. The molecule has 118 valence electrons. The summed E-state index contributed by atoms with van der Waals surface area (Å²) in [6, 6.07) is 8.56. The van der Waals surface area contributed by atoms with Gasteiger partial charge in [-0.3, -0.25) is 0 Å². The maximum Gasteiger partial charge on any atom is 0.225 e. The molecule has 6 atom stereocenters. The average molecular weight is 309 g/mol. The van der Waals surface area contributed by atoms with E-state index in [-0.39, 0.29) is 6.61 Å². The Kier molecular flexibility index (Phi) is 4.56. The third-order valence-corrected chi connectivity index (χ3v) is 3.80. The van der Waals surface area contributed by atoms with Crippen LogP contribution in [0.2, 0.25) is 0 Å². The first-order valence-electron chi connectivity index (χ1n) is 6.93. The van der Waals surface area contributed by atoms with Crippen molar-refractivity contribution in [2.45, 2.75) is 37.0 Å². The Hall–Kier alpha value is -1.70. The van der Waals surface area contributed by atoms with E-state index < -0.39 is 37.0 Å². The monoisotopic (exact) mass is 309 g/mol. The van der Waals surface area contributed by atoms with Gasteiger partial charge in [-0.1, -0.05) is 35.4 Å². The number of hydrogen-bond donors (Lipinski definition) is 0. The lowest BCUT2D eigenvalue weighted by Crippen LogP contribution is -2.43. The van der Waals surface area contributed by atoms with Gasteiger partial charge in [-0.05, 0) is 5.53 Å². The molecule has 0 aliphatic carbocycles. The van der Waals surface area contributed by atoms with E-state index in [0.717, 1.165) is 5.56 Å². The second kappa shape index (κ2) is 6.60. The summed E-state index contributed by atoms with van der Waals surface area (Å²) in [7, 11) is 1.23. The SMILES string of the molecule is CO[C@@H](F)[C@H]1O[C@@H]2CO[C@@H](c3ccccc3)O[C@H]2[C@H]1N=[N+]=[N-]. The molecule has 1 aromatic rings. The van der Waals surface area contributed by atoms with Crippen LogP contribution >= 0.6 is 0 Å². The van der Waals surface area contributed by atoms with Crippen molar-refractivity contribution in [3.63, 3.8) is 0 Å². The Labute approximate surface area is 126 Å². The molecule has 0 aromatic heterocycles. The third-order valence-electron chi connectivity index (χ3n) is 3.80. The summed E-state index contributed by atoms with van der Waals surface area (Å²) in [6.45, 7) is 0.231. The second-order valence-corrected chi connectivity index (χ2v) is 5.10. The smallest absolute Gasteiger partial charge is 0.225 e. The molecule has 0 spiro atoms. The zero-order valence-corrected chi connectivity index (χ0v) is 11.9. The topological polar surface area (TPSA) is 85.7 Å². The Balaban J connectivity index is 1.80. The molecule has 8 heteroatoms. The first kappa shape index (κ1) is 15.2. The van der Waals surface area contributed by atoms with Crippen molar-refractivity contribution in [2.24, 2.45) is 5.11 Å². The number of methoxy groups -OCH3 is 1. The summed E-state index contributed by atoms with van der Waals surface area (Å²) in [5, 5.41) is 3.64. The molecular weight excluding hydrogens is 293 g/mol. The van der Waals surface area contributed by atoms with E-state index in [1.165, 1.54) is 7.11 Å². The highest BCUT2D eigenvalue weighted by atomic mass is 19.1. The van der Waals surface area contributed by atoms with Crippen LogP contribution in [0, 0.1) is 0 Å². The van der Waals surface area contributed by atoms with Gasteiger partial charge in [0.05, 0.1) is 12.6 Å². The van der Waals surface area contributed by atoms with Gasteiger partial charge in [-0.15, -0.1) is 0 Å². The second-order valence-electron chi connectivity index (χ2n) is 5.10. The number of halogens is 1. The zero-order valence-electron chi connectivity index (χ0n) is 11.9. The minimum Gasteiger partial charge on any atom is -0.364 e. The van der Waals surface area contributed by atoms with Crippen LogP contribution in [0.5, 0.6) is 0 Å². The Morgan fingerprint density at radius 2 is 2.14 bits per heavy atom. The van der Waals surface area contributed by atoms with Crippen LogP contribution in [-0.4, -0.2) is 44.4 Å². The Morgan fingerprint density at radius 3 is 2.82 bits per heavy atom. The predicted molar refractivity (Wildman–Crippen MR) is 73.5 cm³/mol. The molecule has 1 aromatic carbocycles. The van der Waals surface area contributed by atoms with Gasteiger partial charge >= 0.3 is 0 Å². The van der Waals surface area contributed by atoms with E-state index in [1.54, 1.807) is 0 Å². The van der Waals surface area contributed by atoms with Crippen LogP contribution in [0.1, 0.15) is 11.9 Å². The fourth-order valence-corrected chi connectivity index (χ4v) is 2.76. The van der Waals surface area contributed by atoms with E-state index >= 15 is 0 Å². The zero-order chi connectivity index (χ0) is 15.5. The molecule has 0 saturated carbocycles. The lowest BCUT2D eigenvalue weighted by atomic mass is 10.0. The average Bonchev–Trinajstić information content (AvgIpc) is 2.93. The standard InChI is InChI=1S/C14H16FN3O4/c1-19-13(15)12-10(17-18-16)11-9(21-12)7-20-14(22-11)8-5-3-2-4-6-8/h2-6,9-14H,7H2,1H3/t9-,10-,11-,12+,13-,14-/m1/s1. The van der Waals surface area contributed by atoms with Crippen LogP contribution in [-0.2, 0) is 18.9 Å². The van der Waals surface area contributed by atoms with Crippen molar-refractivity contribution in [3.8, 4) is 0 Å². The lowest BCUT2D eigenvalue weighted by molar-refractivity contribution is -0.247. The van der Waals surface area contributed by atoms with Gasteiger partial charge in [-0.25, -0.2) is 4.39 Å². The molecule has 7 nitrogen and oxygen atoms in total. The number of ether oxygens (including phenoxy) is 4. The highest BCUT2D eigenvalue weighted by Gasteiger charge is 2.51. The highest BCUT2D eigenvalue weighted by molar-refractivity contribution is 5.17. The van der Waals surface area contributed by atoms with Crippen molar-refractivity contribution < 1.29 is 23.3 Å². The molecule has 2 fully saturated rings. The van der Waals surface area contributed by atoms with Gasteiger partial charge in [0.1, 0.15) is 18.3 Å². The normalized spacial score (nSPS) is 35.5. The highest BCUT2D eigenvalue weighted by Crippen LogP contribution is 2.37. The molecule has 0 bridgehead atoms. The number of hydrogen-bond acceptors (Lipinski definition) is 5. The maximum absolute atomic E-state index is 13.8. The van der Waals surface area contributed by atoms with E-state index in [9.17, 15) is 4.39 Å². The number of fused-ring (bicyclic) bond motifs is 1. The summed E-state index contributed by atoms with van der Waals surface area (Å²) in [5.74, 6) is 0. The van der Waals surface area contributed by atoms with E-state index in [4.69, 9.17) is 19.7 Å². The summed E-state index contributed by atoms with van der Waals surface area (Å²) in [4.78, 5) is 2.78. The van der Waals surface area contributed by atoms with E-state index in [1.807, 2.05) is 30.3 Å². The number of alkyl halides is 1. The van der Waals surface area contributed by atoms with Crippen LogP contribution in [0.15, 0.2) is 35.4 Å². The van der Waals surface area contributed by atoms with Crippen molar-refractivity contribution in [3.05, 3.63) is 46.3 Å². The molecule has 0 amide bonds. The summed E-state index contributed by atoms with van der Waals surface area (Å²) in [6.07, 6.45) is -4.36. The quantitative estimate of drug-likeness (QED) is 0.486. The Bertz CT molecular complexity index is 554. The van der Waals surface area contributed by atoms with Crippen molar-refractivity contribution in [1.29, 1.82) is 0 Å². The largest absolute Gasteiger partial charge is 0.364 e. The van der Waals surface area contributed by atoms with Crippen molar-refractivity contribution in [2.75, 3.05) is 13.7 Å².